The van der Waals surface area contributed by atoms with Crippen LogP contribution in [0.25, 0.3) is 0 Å². The Balaban J connectivity index is 1.94. The molecule has 1 aliphatic rings. The Morgan fingerprint density at radius 2 is 2.05 bits per heavy atom. The van der Waals surface area contributed by atoms with Crippen LogP contribution in [0.1, 0.15) is 31.7 Å². The minimum atomic E-state index is 0.0345. The maximum Gasteiger partial charge on any atom is 0.260 e. The third-order valence-corrected chi connectivity index (χ3v) is 3.78. The summed E-state index contributed by atoms with van der Waals surface area (Å²) in [6.07, 6.45) is 1.05. The summed E-state index contributed by atoms with van der Waals surface area (Å²) in [5.41, 5.74) is 1.17. The second-order valence-corrected chi connectivity index (χ2v) is 5.13. The smallest absolute Gasteiger partial charge is 0.260 e. The largest absolute Gasteiger partial charge is 0.483 e. The Labute approximate surface area is 120 Å². The molecule has 0 saturated carbocycles. The molecule has 0 N–H and O–H groups in total. The number of morpholine rings is 1. The van der Waals surface area contributed by atoms with Gasteiger partial charge in [-0.1, -0.05) is 32.0 Å². The van der Waals surface area contributed by atoms with E-state index in [0.29, 0.717) is 32.2 Å². The van der Waals surface area contributed by atoms with Gasteiger partial charge in [0, 0.05) is 13.1 Å². The zero-order chi connectivity index (χ0) is 14.4. The molecule has 0 spiro atoms. The lowest BCUT2D eigenvalue weighted by atomic mass is 9.98. The molecular formula is C16H23NO3. The molecule has 0 aromatic heterocycles. The van der Waals surface area contributed by atoms with Gasteiger partial charge in [0.05, 0.1) is 13.2 Å². The lowest BCUT2D eigenvalue weighted by Crippen LogP contribution is -2.43. The Morgan fingerprint density at radius 1 is 1.35 bits per heavy atom. The van der Waals surface area contributed by atoms with Crippen LogP contribution in [0.3, 0.4) is 0 Å². The number of carbonyl (C=O) groups is 1. The van der Waals surface area contributed by atoms with Gasteiger partial charge in [-0.3, -0.25) is 4.79 Å². The number of benzene rings is 1. The summed E-state index contributed by atoms with van der Waals surface area (Å²) in [6, 6.07) is 7.97. The van der Waals surface area contributed by atoms with Crippen molar-refractivity contribution in [2.24, 2.45) is 0 Å². The van der Waals surface area contributed by atoms with Crippen LogP contribution in [0.4, 0.5) is 0 Å². The van der Waals surface area contributed by atoms with Gasteiger partial charge in [-0.15, -0.1) is 0 Å². The molecule has 1 aromatic carbocycles. The first kappa shape index (κ1) is 14.9. The van der Waals surface area contributed by atoms with E-state index in [9.17, 15) is 4.79 Å². The molecule has 2 rings (SSSR count). The minimum Gasteiger partial charge on any atom is -0.483 e. The Morgan fingerprint density at radius 3 is 2.75 bits per heavy atom. The second-order valence-electron chi connectivity index (χ2n) is 5.13. The molecule has 1 saturated heterocycles. The zero-order valence-electron chi connectivity index (χ0n) is 12.3. The minimum absolute atomic E-state index is 0.0345. The standard InChI is InChI=1S/C16H23NO3/c1-3-13(2)14-6-4-5-7-15(14)20-12-16(18)17-8-10-19-11-9-17/h4-7,13H,3,8-12H2,1-2H3. The Bertz CT molecular complexity index is 441. The van der Waals surface area contributed by atoms with Crippen molar-refractivity contribution in [1.82, 2.24) is 4.90 Å². The van der Waals surface area contributed by atoms with E-state index in [-0.39, 0.29) is 12.5 Å². The summed E-state index contributed by atoms with van der Waals surface area (Å²) in [5.74, 6) is 1.29. The first-order valence-electron chi connectivity index (χ1n) is 7.29. The molecule has 1 atom stereocenters. The molecule has 1 unspecified atom stereocenters. The summed E-state index contributed by atoms with van der Waals surface area (Å²) in [7, 11) is 0. The number of nitrogens with zero attached hydrogens (tertiary/aromatic N) is 1. The highest BCUT2D eigenvalue weighted by Gasteiger charge is 2.18. The summed E-state index contributed by atoms with van der Waals surface area (Å²) < 4.78 is 11.0. The van der Waals surface area contributed by atoms with Crippen molar-refractivity contribution < 1.29 is 14.3 Å². The monoisotopic (exact) mass is 277 g/mol. The highest BCUT2D eigenvalue weighted by Crippen LogP contribution is 2.28. The van der Waals surface area contributed by atoms with Gasteiger partial charge >= 0.3 is 0 Å². The molecule has 1 aliphatic heterocycles. The first-order valence-corrected chi connectivity index (χ1v) is 7.29. The maximum absolute atomic E-state index is 12.1. The average Bonchev–Trinajstić information content (AvgIpc) is 2.53. The summed E-state index contributed by atoms with van der Waals surface area (Å²) in [4.78, 5) is 13.9. The number of para-hydroxylation sites is 1. The van der Waals surface area contributed by atoms with Crippen LogP contribution in [-0.2, 0) is 9.53 Å². The number of rotatable bonds is 5. The molecular weight excluding hydrogens is 254 g/mol. The van der Waals surface area contributed by atoms with E-state index in [1.54, 1.807) is 4.90 Å². The molecule has 1 amide bonds. The average molecular weight is 277 g/mol. The molecule has 4 heteroatoms. The number of carbonyl (C=O) groups excluding carboxylic acids is 1. The third kappa shape index (κ3) is 3.73. The predicted molar refractivity (Wildman–Crippen MR) is 78.0 cm³/mol. The summed E-state index contributed by atoms with van der Waals surface area (Å²) in [6.45, 7) is 6.99. The van der Waals surface area contributed by atoms with Crippen LogP contribution in [-0.4, -0.2) is 43.7 Å². The lowest BCUT2D eigenvalue weighted by molar-refractivity contribution is -0.137. The van der Waals surface area contributed by atoms with E-state index < -0.39 is 0 Å². The second kappa shape index (κ2) is 7.29. The van der Waals surface area contributed by atoms with E-state index in [4.69, 9.17) is 9.47 Å². The fourth-order valence-corrected chi connectivity index (χ4v) is 2.28. The fraction of sp³-hybridized carbons (Fsp3) is 0.562. The van der Waals surface area contributed by atoms with E-state index in [2.05, 4.69) is 19.9 Å². The molecule has 0 radical (unpaired) electrons. The van der Waals surface area contributed by atoms with Crippen LogP contribution in [0.5, 0.6) is 5.75 Å². The van der Waals surface area contributed by atoms with E-state index >= 15 is 0 Å². The fourth-order valence-electron chi connectivity index (χ4n) is 2.28. The maximum atomic E-state index is 12.1. The molecule has 4 nitrogen and oxygen atoms in total. The molecule has 0 bridgehead atoms. The highest BCUT2D eigenvalue weighted by molar-refractivity contribution is 5.77. The van der Waals surface area contributed by atoms with Crippen LogP contribution >= 0.6 is 0 Å². The van der Waals surface area contributed by atoms with Crippen LogP contribution < -0.4 is 4.74 Å². The van der Waals surface area contributed by atoms with Gasteiger partial charge in [-0.25, -0.2) is 0 Å². The molecule has 1 fully saturated rings. The zero-order valence-corrected chi connectivity index (χ0v) is 12.3. The summed E-state index contributed by atoms with van der Waals surface area (Å²) in [5, 5.41) is 0. The van der Waals surface area contributed by atoms with Gasteiger partial charge in [0.15, 0.2) is 6.61 Å². The van der Waals surface area contributed by atoms with Crippen molar-refractivity contribution in [3.05, 3.63) is 29.8 Å². The van der Waals surface area contributed by atoms with Gasteiger partial charge in [0.1, 0.15) is 5.75 Å². The topological polar surface area (TPSA) is 38.8 Å². The summed E-state index contributed by atoms with van der Waals surface area (Å²) >= 11 is 0. The van der Waals surface area contributed by atoms with Crippen LogP contribution in [0.2, 0.25) is 0 Å². The van der Waals surface area contributed by atoms with E-state index in [0.717, 1.165) is 12.2 Å². The SMILES string of the molecule is CCC(C)c1ccccc1OCC(=O)N1CCOCC1. The normalized spacial score (nSPS) is 16.8. The quantitative estimate of drug-likeness (QED) is 0.829. The number of hydrogen-bond acceptors (Lipinski definition) is 3. The number of amides is 1. The van der Waals surface area contributed by atoms with Gasteiger partial charge in [-0.2, -0.15) is 0 Å². The van der Waals surface area contributed by atoms with Crippen LogP contribution in [0, 0.1) is 0 Å². The van der Waals surface area contributed by atoms with E-state index in [1.807, 2.05) is 18.2 Å². The van der Waals surface area contributed by atoms with Gasteiger partial charge in [0.25, 0.3) is 5.91 Å². The van der Waals surface area contributed by atoms with E-state index in [1.165, 1.54) is 5.56 Å². The van der Waals surface area contributed by atoms with Crippen molar-refractivity contribution in [2.75, 3.05) is 32.9 Å². The molecule has 1 aromatic rings. The highest BCUT2D eigenvalue weighted by atomic mass is 16.5. The molecule has 20 heavy (non-hydrogen) atoms. The third-order valence-electron chi connectivity index (χ3n) is 3.78. The first-order chi connectivity index (χ1) is 9.72. The lowest BCUT2D eigenvalue weighted by Gasteiger charge is -2.27. The molecule has 110 valence electrons. The van der Waals surface area contributed by atoms with Gasteiger partial charge < -0.3 is 14.4 Å². The predicted octanol–water partition coefficient (Wildman–Crippen LogP) is 2.44. The Hall–Kier alpha value is -1.55. The van der Waals surface area contributed by atoms with Gasteiger partial charge in [-0.05, 0) is 24.0 Å². The van der Waals surface area contributed by atoms with Crippen molar-refractivity contribution in [2.45, 2.75) is 26.2 Å². The van der Waals surface area contributed by atoms with Crippen molar-refractivity contribution in [1.29, 1.82) is 0 Å². The molecule has 1 heterocycles. The number of hydrogen-bond donors (Lipinski definition) is 0. The molecule has 0 aliphatic carbocycles. The Kier molecular flexibility index (Phi) is 5.41. The van der Waals surface area contributed by atoms with Gasteiger partial charge in [0.2, 0.25) is 0 Å². The van der Waals surface area contributed by atoms with Crippen molar-refractivity contribution >= 4 is 5.91 Å². The van der Waals surface area contributed by atoms with Crippen molar-refractivity contribution in [3.8, 4) is 5.75 Å². The number of ether oxygens (including phenoxy) is 2. The van der Waals surface area contributed by atoms with Crippen molar-refractivity contribution in [3.63, 3.8) is 0 Å². The van der Waals surface area contributed by atoms with Crippen LogP contribution in [0.15, 0.2) is 24.3 Å².